The molecule has 1 amide bonds. The molecule has 0 fully saturated rings. The SMILES string of the molecule is CNC(=O)/C(C#N)=C\c1cc(Cl)ccc1OC(F)F. The molecule has 4 nitrogen and oxygen atoms in total. The van der Waals surface area contributed by atoms with Crippen LogP contribution in [-0.2, 0) is 4.79 Å². The maximum absolute atomic E-state index is 12.2. The highest BCUT2D eigenvalue weighted by Crippen LogP contribution is 2.26. The molecule has 19 heavy (non-hydrogen) atoms. The van der Waals surface area contributed by atoms with Crippen LogP contribution in [-0.4, -0.2) is 19.6 Å². The van der Waals surface area contributed by atoms with Crippen molar-refractivity contribution in [3.05, 3.63) is 34.4 Å². The number of carbonyl (C=O) groups is 1. The van der Waals surface area contributed by atoms with Crippen LogP contribution in [0.5, 0.6) is 5.75 Å². The minimum absolute atomic E-state index is 0.118. The highest BCUT2D eigenvalue weighted by molar-refractivity contribution is 6.30. The van der Waals surface area contributed by atoms with Gasteiger partial charge in [-0.3, -0.25) is 4.79 Å². The van der Waals surface area contributed by atoms with Gasteiger partial charge in [0.1, 0.15) is 17.4 Å². The highest BCUT2D eigenvalue weighted by atomic mass is 35.5. The lowest BCUT2D eigenvalue weighted by molar-refractivity contribution is -0.116. The van der Waals surface area contributed by atoms with Gasteiger partial charge in [0.15, 0.2) is 0 Å². The van der Waals surface area contributed by atoms with E-state index >= 15 is 0 Å². The number of halogens is 3. The number of hydrogen-bond donors (Lipinski definition) is 1. The quantitative estimate of drug-likeness (QED) is 0.683. The van der Waals surface area contributed by atoms with Gasteiger partial charge in [-0.25, -0.2) is 0 Å². The first-order chi connectivity index (χ1) is 8.97. The van der Waals surface area contributed by atoms with E-state index in [1.165, 1.54) is 25.2 Å². The minimum Gasteiger partial charge on any atom is -0.434 e. The first-order valence-corrected chi connectivity index (χ1v) is 5.44. The lowest BCUT2D eigenvalue weighted by Gasteiger charge is -2.08. The van der Waals surface area contributed by atoms with E-state index in [2.05, 4.69) is 10.1 Å². The number of amides is 1. The number of nitriles is 1. The van der Waals surface area contributed by atoms with Crippen LogP contribution in [0.3, 0.4) is 0 Å². The van der Waals surface area contributed by atoms with Crippen molar-refractivity contribution in [2.45, 2.75) is 6.61 Å². The Bertz CT molecular complexity index is 553. The normalized spacial score (nSPS) is 11.1. The Morgan fingerprint density at radius 2 is 2.26 bits per heavy atom. The molecule has 1 rings (SSSR count). The molecule has 0 aliphatic carbocycles. The number of hydrogen-bond acceptors (Lipinski definition) is 3. The van der Waals surface area contributed by atoms with E-state index in [1.54, 1.807) is 6.07 Å². The summed E-state index contributed by atoms with van der Waals surface area (Å²) in [6.07, 6.45) is 1.13. The molecule has 0 radical (unpaired) electrons. The standard InChI is InChI=1S/C12H9ClF2N2O2/c1-17-11(18)8(6-16)4-7-5-9(13)2-3-10(7)19-12(14)15/h2-5,12H,1H3,(H,17,18)/b8-4-. The largest absolute Gasteiger partial charge is 0.434 e. The lowest BCUT2D eigenvalue weighted by Crippen LogP contribution is -2.19. The van der Waals surface area contributed by atoms with E-state index < -0.39 is 12.5 Å². The predicted molar refractivity (Wildman–Crippen MR) is 65.7 cm³/mol. The van der Waals surface area contributed by atoms with Gasteiger partial charge in [0.05, 0.1) is 0 Å². The third kappa shape index (κ3) is 4.23. The number of likely N-dealkylation sites (N-methyl/N-ethyl adjacent to an activating group) is 1. The van der Waals surface area contributed by atoms with E-state index in [4.69, 9.17) is 16.9 Å². The molecule has 0 unspecified atom stereocenters. The zero-order valence-corrected chi connectivity index (χ0v) is 10.5. The Kier molecular flexibility index (Phi) is 5.27. The minimum atomic E-state index is -3.01. The number of carbonyl (C=O) groups excluding carboxylic acids is 1. The summed E-state index contributed by atoms with van der Waals surface area (Å²) in [4.78, 5) is 11.3. The molecule has 1 N–H and O–H groups in total. The molecule has 0 saturated carbocycles. The summed E-state index contributed by atoms with van der Waals surface area (Å²) in [5, 5.41) is 11.4. The Balaban J connectivity index is 3.24. The van der Waals surface area contributed by atoms with E-state index in [1.807, 2.05) is 0 Å². The number of benzene rings is 1. The fourth-order valence-corrected chi connectivity index (χ4v) is 1.45. The predicted octanol–water partition coefficient (Wildman–Crippen LogP) is 2.59. The Labute approximate surface area is 113 Å². The molecular weight excluding hydrogens is 278 g/mol. The van der Waals surface area contributed by atoms with Crippen LogP contribution in [0.2, 0.25) is 5.02 Å². The van der Waals surface area contributed by atoms with Gasteiger partial charge in [0.25, 0.3) is 5.91 Å². The molecule has 0 atom stereocenters. The van der Waals surface area contributed by atoms with Gasteiger partial charge in [-0.1, -0.05) is 11.6 Å². The third-order valence-electron chi connectivity index (χ3n) is 2.08. The van der Waals surface area contributed by atoms with Crippen molar-refractivity contribution >= 4 is 23.6 Å². The average Bonchev–Trinajstić information content (AvgIpc) is 2.37. The number of alkyl halides is 2. The Morgan fingerprint density at radius 3 is 2.79 bits per heavy atom. The zero-order chi connectivity index (χ0) is 14.4. The van der Waals surface area contributed by atoms with E-state index in [0.717, 1.165) is 6.08 Å². The lowest BCUT2D eigenvalue weighted by atomic mass is 10.1. The summed E-state index contributed by atoms with van der Waals surface area (Å²) in [6.45, 7) is -3.01. The van der Waals surface area contributed by atoms with E-state index in [9.17, 15) is 13.6 Å². The topological polar surface area (TPSA) is 62.1 Å². The van der Waals surface area contributed by atoms with Gasteiger partial charge in [0, 0.05) is 17.6 Å². The fourth-order valence-electron chi connectivity index (χ4n) is 1.27. The van der Waals surface area contributed by atoms with Gasteiger partial charge in [0.2, 0.25) is 0 Å². The van der Waals surface area contributed by atoms with E-state index in [-0.39, 0.29) is 21.9 Å². The van der Waals surface area contributed by atoms with Gasteiger partial charge >= 0.3 is 6.61 Å². The second kappa shape index (κ2) is 6.71. The van der Waals surface area contributed by atoms with Crippen molar-refractivity contribution in [2.75, 3.05) is 7.05 Å². The van der Waals surface area contributed by atoms with Crippen LogP contribution in [0.15, 0.2) is 23.8 Å². The fraction of sp³-hybridized carbons (Fsp3) is 0.167. The molecule has 0 bridgehead atoms. The summed E-state index contributed by atoms with van der Waals surface area (Å²) in [5.74, 6) is -0.804. The van der Waals surface area contributed by atoms with Gasteiger partial charge in [-0.15, -0.1) is 0 Å². The molecule has 1 aromatic rings. The molecule has 0 spiro atoms. The van der Waals surface area contributed by atoms with Crippen molar-refractivity contribution in [1.82, 2.24) is 5.32 Å². The maximum atomic E-state index is 12.2. The van der Waals surface area contributed by atoms with Crippen molar-refractivity contribution in [1.29, 1.82) is 5.26 Å². The first-order valence-electron chi connectivity index (χ1n) is 5.06. The first kappa shape index (κ1) is 14.9. The molecule has 7 heteroatoms. The molecular formula is C12H9ClF2N2O2. The maximum Gasteiger partial charge on any atom is 0.387 e. The van der Waals surface area contributed by atoms with Crippen LogP contribution < -0.4 is 10.1 Å². The van der Waals surface area contributed by atoms with Crippen molar-refractivity contribution in [3.63, 3.8) is 0 Å². The summed E-state index contributed by atoms with van der Waals surface area (Å²) >= 11 is 5.74. The zero-order valence-electron chi connectivity index (χ0n) is 9.78. The number of nitrogens with one attached hydrogen (secondary N) is 1. The van der Waals surface area contributed by atoms with Crippen molar-refractivity contribution in [2.24, 2.45) is 0 Å². The van der Waals surface area contributed by atoms with Crippen LogP contribution in [0.25, 0.3) is 6.08 Å². The number of nitrogens with zero attached hydrogens (tertiary/aromatic N) is 1. The summed E-state index contributed by atoms with van der Waals surface area (Å²) in [5.41, 5.74) is -0.128. The Hall–Kier alpha value is -2.13. The Morgan fingerprint density at radius 1 is 1.58 bits per heavy atom. The number of rotatable bonds is 4. The van der Waals surface area contributed by atoms with Crippen LogP contribution in [0.1, 0.15) is 5.56 Å². The summed E-state index contributed by atoms with van der Waals surface area (Å²) < 4.78 is 28.7. The molecule has 100 valence electrons. The van der Waals surface area contributed by atoms with Gasteiger partial charge in [-0.05, 0) is 24.3 Å². The molecule has 0 aromatic heterocycles. The van der Waals surface area contributed by atoms with Gasteiger partial charge < -0.3 is 10.1 Å². The van der Waals surface area contributed by atoms with Crippen LogP contribution >= 0.6 is 11.6 Å². The average molecular weight is 287 g/mol. The number of ether oxygens (including phenoxy) is 1. The molecule has 1 aromatic carbocycles. The van der Waals surface area contributed by atoms with Crippen molar-refractivity contribution in [3.8, 4) is 11.8 Å². The van der Waals surface area contributed by atoms with Crippen LogP contribution in [0, 0.1) is 11.3 Å². The molecule has 0 aliphatic rings. The third-order valence-corrected chi connectivity index (χ3v) is 2.31. The second-order valence-electron chi connectivity index (χ2n) is 3.31. The summed E-state index contributed by atoms with van der Waals surface area (Å²) in [7, 11) is 1.35. The summed E-state index contributed by atoms with van der Waals surface area (Å²) in [6, 6.07) is 5.58. The smallest absolute Gasteiger partial charge is 0.387 e. The van der Waals surface area contributed by atoms with E-state index in [0.29, 0.717) is 0 Å². The molecule has 0 heterocycles. The van der Waals surface area contributed by atoms with Crippen LogP contribution in [0.4, 0.5) is 8.78 Å². The van der Waals surface area contributed by atoms with Crippen molar-refractivity contribution < 1.29 is 18.3 Å². The van der Waals surface area contributed by atoms with Gasteiger partial charge in [-0.2, -0.15) is 14.0 Å². The molecule has 0 aliphatic heterocycles. The monoisotopic (exact) mass is 286 g/mol. The second-order valence-corrected chi connectivity index (χ2v) is 3.75. The molecule has 0 saturated heterocycles. The highest BCUT2D eigenvalue weighted by Gasteiger charge is 2.12.